The summed E-state index contributed by atoms with van der Waals surface area (Å²) in [5.74, 6) is -2.72. The molecule has 0 unspecified atom stereocenters. The molecule has 1 heterocycles. The van der Waals surface area contributed by atoms with Gasteiger partial charge in [0.15, 0.2) is 6.61 Å². The lowest BCUT2D eigenvalue weighted by molar-refractivity contribution is -0.154. The van der Waals surface area contributed by atoms with Crippen LogP contribution in [0.2, 0.25) is 0 Å². The highest BCUT2D eigenvalue weighted by Gasteiger charge is 2.47. The van der Waals surface area contributed by atoms with E-state index in [4.69, 9.17) is 4.74 Å². The van der Waals surface area contributed by atoms with Crippen LogP contribution in [0, 0.1) is 18.8 Å². The van der Waals surface area contributed by atoms with Crippen LogP contribution in [0.25, 0.3) is 0 Å². The van der Waals surface area contributed by atoms with Crippen LogP contribution in [-0.2, 0) is 23.9 Å². The average molecular weight is 356 g/mol. The first kappa shape index (κ1) is 17.8. The molecular formula is C19H20N2O5. The second kappa shape index (κ2) is 7.51. The molecule has 7 heteroatoms. The maximum Gasteiger partial charge on any atom is 0.326 e. The molecule has 1 N–H and O–H groups in total. The van der Waals surface area contributed by atoms with Gasteiger partial charge in [-0.3, -0.25) is 24.1 Å². The number of fused-ring (bicyclic) bond motifs is 1. The number of hydrogen-bond acceptors (Lipinski definition) is 5. The quantitative estimate of drug-likeness (QED) is 0.489. The highest BCUT2D eigenvalue weighted by atomic mass is 16.5. The number of likely N-dealkylation sites (tertiary alicyclic amines) is 1. The molecule has 7 nitrogen and oxygen atoms in total. The van der Waals surface area contributed by atoms with E-state index in [2.05, 4.69) is 5.32 Å². The minimum absolute atomic E-state index is 0.342. The van der Waals surface area contributed by atoms with Crippen molar-refractivity contribution in [3.63, 3.8) is 0 Å². The van der Waals surface area contributed by atoms with Crippen LogP contribution in [0.1, 0.15) is 18.4 Å². The van der Waals surface area contributed by atoms with E-state index in [9.17, 15) is 19.2 Å². The Balaban J connectivity index is 1.48. The first-order valence-corrected chi connectivity index (χ1v) is 8.48. The predicted octanol–water partition coefficient (Wildman–Crippen LogP) is 1.43. The van der Waals surface area contributed by atoms with E-state index in [0.29, 0.717) is 18.5 Å². The summed E-state index contributed by atoms with van der Waals surface area (Å²) in [6.07, 6.45) is 4.78. The van der Waals surface area contributed by atoms with Gasteiger partial charge in [-0.25, -0.2) is 0 Å². The molecule has 0 radical (unpaired) electrons. The second-order valence-electron chi connectivity index (χ2n) is 6.49. The summed E-state index contributed by atoms with van der Waals surface area (Å²) in [7, 11) is 0. The number of ether oxygens (including phenoxy) is 1. The van der Waals surface area contributed by atoms with Crippen molar-refractivity contribution < 1.29 is 23.9 Å². The van der Waals surface area contributed by atoms with Crippen LogP contribution in [0.5, 0.6) is 0 Å². The molecule has 26 heavy (non-hydrogen) atoms. The smallest absolute Gasteiger partial charge is 0.326 e. The fourth-order valence-electron chi connectivity index (χ4n) is 3.18. The van der Waals surface area contributed by atoms with Crippen molar-refractivity contribution in [2.75, 3.05) is 18.5 Å². The van der Waals surface area contributed by atoms with Crippen LogP contribution >= 0.6 is 0 Å². The number of anilines is 1. The van der Waals surface area contributed by atoms with Crippen LogP contribution in [0.3, 0.4) is 0 Å². The Morgan fingerprint density at radius 3 is 2.23 bits per heavy atom. The van der Waals surface area contributed by atoms with Gasteiger partial charge in [0.1, 0.15) is 6.54 Å². The van der Waals surface area contributed by atoms with Gasteiger partial charge in [0.2, 0.25) is 11.8 Å². The molecule has 0 bridgehead atoms. The van der Waals surface area contributed by atoms with E-state index in [-0.39, 0.29) is 23.7 Å². The molecule has 2 atom stereocenters. The molecule has 0 saturated carbocycles. The number of imide groups is 1. The molecule has 0 spiro atoms. The van der Waals surface area contributed by atoms with Crippen molar-refractivity contribution in [3.05, 3.63) is 42.0 Å². The fraction of sp³-hybridized carbons (Fsp3) is 0.368. The number of rotatable bonds is 5. The molecule has 2 aliphatic rings. The van der Waals surface area contributed by atoms with E-state index in [1.807, 2.05) is 31.2 Å². The molecule has 1 fully saturated rings. The number of nitrogens with zero attached hydrogens (tertiary/aromatic N) is 1. The Kier molecular flexibility index (Phi) is 5.16. The van der Waals surface area contributed by atoms with E-state index in [0.717, 1.165) is 10.5 Å². The number of amides is 3. The van der Waals surface area contributed by atoms with Gasteiger partial charge in [0.05, 0.1) is 11.8 Å². The molecule has 1 aromatic carbocycles. The zero-order valence-corrected chi connectivity index (χ0v) is 14.4. The summed E-state index contributed by atoms with van der Waals surface area (Å²) in [6, 6.07) is 7.18. The SMILES string of the molecule is Cc1ccc(NC(=O)COC(=O)CN2C(=O)[C@@H]3CC=CC[C@H]3C2=O)cc1. The number of carbonyl (C=O) groups excluding carboxylic acids is 4. The molecule has 3 rings (SSSR count). The molecular weight excluding hydrogens is 336 g/mol. The Bertz CT molecular complexity index is 743. The predicted molar refractivity (Wildman–Crippen MR) is 92.8 cm³/mol. The lowest BCUT2D eigenvalue weighted by Crippen LogP contribution is -2.37. The van der Waals surface area contributed by atoms with Gasteiger partial charge in [-0.2, -0.15) is 0 Å². The van der Waals surface area contributed by atoms with Gasteiger partial charge >= 0.3 is 5.97 Å². The number of hydrogen-bond donors (Lipinski definition) is 1. The number of nitrogens with one attached hydrogen (secondary N) is 1. The lowest BCUT2D eigenvalue weighted by atomic mass is 9.85. The maximum absolute atomic E-state index is 12.3. The van der Waals surface area contributed by atoms with Gasteiger partial charge in [0.25, 0.3) is 5.91 Å². The molecule has 1 saturated heterocycles. The third-order valence-electron chi connectivity index (χ3n) is 4.59. The number of esters is 1. The largest absolute Gasteiger partial charge is 0.454 e. The van der Waals surface area contributed by atoms with Crippen molar-refractivity contribution in [1.29, 1.82) is 0 Å². The third-order valence-corrected chi connectivity index (χ3v) is 4.59. The Morgan fingerprint density at radius 1 is 1.08 bits per heavy atom. The number of aryl methyl sites for hydroxylation is 1. The lowest BCUT2D eigenvalue weighted by Gasteiger charge is -2.14. The standard InChI is InChI=1S/C19H20N2O5/c1-12-6-8-13(9-7-12)20-16(22)11-26-17(23)10-21-18(24)14-4-2-3-5-15(14)19(21)25/h2-3,6-9,14-15H,4-5,10-11H2,1H3,(H,20,22)/t14-,15-/m1/s1. The first-order valence-electron chi connectivity index (χ1n) is 8.48. The van der Waals surface area contributed by atoms with Crippen molar-refractivity contribution in [2.45, 2.75) is 19.8 Å². The van der Waals surface area contributed by atoms with Gasteiger partial charge in [-0.05, 0) is 31.9 Å². The maximum atomic E-state index is 12.3. The van der Waals surface area contributed by atoms with Crippen molar-refractivity contribution in [3.8, 4) is 0 Å². The van der Waals surface area contributed by atoms with E-state index < -0.39 is 25.0 Å². The van der Waals surface area contributed by atoms with Gasteiger partial charge in [-0.15, -0.1) is 0 Å². The third kappa shape index (κ3) is 3.82. The van der Waals surface area contributed by atoms with Crippen LogP contribution in [-0.4, -0.2) is 41.7 Å². The normalized spacial score (nSPS) is 21.5. The second-order valence-corrected chi connectivity index (χ2v) is 6.49. The first-order chi connectivity index (χ1) is 12.5. The molecule has 136 valence electrons. The highest BCUT2D eigenvalue weighted by molar-refractivity contribution is 6.07. The van der Waals surface area contributed by atoms with Crippen molar-refractivity contribution >= 4 is 29.4 Å². The summed E-state index contributed by atoms with van der Waals surface area (Å²) in [5.41, 5.74) is 1.66. The van der Waals surface area contributed by atoms with Crippen molar-refractivity contribution in [1.82, 2.24) is 4.90 Å². The molecule has 1 aliphatic carbocycles. The number of allylic oxidation sites excluding steroid dienone is 2. The van der Waals surface area contributed by atoms with Gasteiger partial charge in [0, 0.05) is 5.69 Å². The summed E-state index contributed by atoms with van der Waals surface area (Å²) < 4.78 is 4.90. The summed E-state index contributed by atoms with van der Waals surface area (Å²) in [4.78, 5) is 49.3. The minimum atomic E-state index is -0.780. The molecule has 1 aromatic rings. The number of benzene rings is 1. The fourth-order valence-corrected chi connectivity index (χ4v) is 3.18. The van der Waals surface area contributed by atoms with Gasteiger partial charge in [-0.1, -0.05) is 29.8 Å². The van der Waals surface area contributed by atoms with E-state index in [1.54, 1.807) is 12.1 Å². The number of carbonyl (C=O) groups is 4. The Morgan fingerprint density at radius 2 is 1.65 bits per heavy atom. The van der Waals surface area contributed by atoms with Crippen LogP contribution in [0.15, 0.2) is 36.4 Å². The van der Waals surface area contributed by atoms with E-state index >= 15 is 0 Å². The Hall–Kier alpha value is -2.96. The zero-order valence-electron chi connectivity index (χ0n) is 14.4. The molecule has 0 aromatic heterocycles. The average Bonchev–Trinajstić information content (AvgIpc) is 2.87. The zero-order chi connectivity index (χ0) is 18.7. The van der Waals surface area contributed by atoms with E-state index in [1.165, 1.54) is 0 Å². The monoisotopic (exact) mass is 356 g/mol. The topological polar surface area (TPSA) is 92.8 Å². The minimum Gasteiger partial charge on any atom is -0.454 e. The summed E-state index contributed by atoms with van der Waals surface area (Å²) in [5, 5.41) is 2.60. The summed E-state index contributed by atoms with van der Waals surface area (Å²) >= 11 is 0. The van der Waals surface area contributed by atoms with Crippen molar-refractivity contribution in [2.24, 2.45) is 11.8 Å². The summed E-state index contributed by atoms with van der Waals surface area (Å²) in [6.45, 7) is 1.00. The highest BCUT2D eigenvalue weighted by Crippen LogP contribution is 2.34. The van der Waals surface area contributed by atoms with Gasteiger partial charge < -0.3 is 10.1 Å². The van der Waals surface area contributed by atoms with Crippen LogP contribution < -0.4 is 5.32 Å². The molecule has 1 aliphatic heterocycles. The molecule has 3 amide bonds. The van der Waals surface area contributed by atoms with Crippen LogP contribution in [0.4, 0.5) is 5.69 Å². The Labute approximate surface area is 151 Å².